The van der Waals surface area contributed by atoms with E-state index < -0.39 is 0 Å². The van der Waals surface area contributed by atoms with Crippen LogP contribution in [0.5, 0.6) is 17.2 Å². The van der Waals surface area contributed by atoms with Crippen LogP contribution in [0.3, 0.4) is 0 Å². The van der Waals surface area contributed by atoms with Crippen molar-refractivity contribution in [2.45, 2.75) is 13.8 Å². The Hall–Kier alpha value is -3.83. The molecule has 5 nitrogen and oxygen atoms in total. The predicted octanol–water partition coefficient (Wildman–Crippen LogP) is 6.79. The molecule has 172 valence electrons. The first-order valence-electron chi connectivity index (χ1n) is 10.7. The van der Waals surface area contributed by atoms with Gasteiger partial charge in [-0.05, 0) is 55.3 Å². The molecule has 6 heteroatoms. The fourth-order valence-electron chi connectivity index (χ4n) is 4.07. The van der Waals surface area contributed by atoms with Gasteiger partial charge in [0.2, 0.25) is 5.75 Å². The average molecular weight is 474 g/mol. The second-order valence-electron chi connectivity index (χ2n) is 7.98. The number of hydrogen-bond acceptors (Lipinski definition) is 5. The largest absolute Gasteiger partial charge is 0.502 e. The molecule has 4 rings (SSSR count). The van der Waals surface area contributed by atoms with Crippen molar-refractivity contribution >= 4 is 34.4 Å². The fraction of sp³-hybridized carbons (Fsp3) is 0.143. The summed E-state index contributed by atoms with van der Waals surface area (Å²) in [6, 6.07) is 14.8. The molecule has 0 atom stereocenters. The number of hydrogen-bond donors (Lipinski definition) is 1. The van der Waals surface area contributed by atoms with Gasteiger partial charge >= 0.3 is 0 Å². The van der Waals surface area contributed by atoms with E-state index in [4.69, 9.17) is 21.1 Å². The lowest BCUT2D eigenvalue weighted by Gasteiger charge is -2.14. The fourth-order valence-corrected chi connectivity index (χ4v) is 4.30. The van der Waals surface area contributed by atoms with Crippen molar-refractivity contribution in [3.05, 3.63) is 88.1 Å². The second-order valence-corrected chi connectivity index (χ2v) is 8.38. The summed E-state index contributed by atoms with van der Waals surface area (Å²) in [5.74, 6) is 0.177. The number of nitrogens with zero attached hydrogens (tertiary/aromatic N) is 1. The standard InChI is InChI=1S/C28H24ClNO4/c1-16-11-17(2)27-20(12-16)26(19-7-5-6-8-22(19)29)21(15-30-27)23(31)10-9-18-13-24(33-3)28(32)25(14-18)34-4/h5-15,32H,1-4H3. The van der Waals surface area contributed by atoms with Crippen LogP contribution >= 0.6 is 11.6 Å². The Bertz CT molecular complexity index is 1420. The van der Waals surface area contributed by atoms with E-state index in [1.807, 2.05) is 44.2 Å². The van der Waals surface area contributed by atoms with Crippen molar-refractivity contribution in [2.24, 2.45) is 0 Å². The van der Waals surface area contributed by atoms with Gasteiger partial charge in [0.25, 0.3) is 0 Å². The van der Waals surface area contributed by atoms with Gasteiger partial charge in [0.05, 0.1) is 19.7 Å². The van der Waals surface area contributed by atoms with Gasteiger partial charge in [-0.3, -0.25) is 9.78 Å². The van der Waals surface area contributed by atoms with Crippen molar-refractivity contribution in [1.29, 1.82) is 0 Å². The summed E-state index contributed by atoms with van der Waals surface area (Å²) in [4.78, 5) is 18.0. The summed E-state index contributed by atoms with van der Waals surface area (Å²) in [6.07, 6.45) is 4.72. The van der Waals surface area contributed by atoms with Gasteiger partial charge in [0, 0.05) is 33.3 Å². The molecule has 0 unspecified atom stereocenters. The number of carbonyl (C=O) groups excluding carboxylic acids is 1. The van der Waals surface area contributed by atoms with E-state index in [0.29, 0.717) is 16.1 Å². The molecular weight excluding hydrogens is 450 g/mol. The smallest absolute Gasteiger partial charge is 0.200 e. The van der Waals surface area contributed by atoms with Gasteiger partial charge in [-0.1, -0.05) is 47.5 Å². The minimum atomic E-state index is -0.227. The Balaban J connectivity index is 1.87. The number of fused-ring (bicyclic) bond motifs is 1. The quantitative estimate of drug-likeness (QED) is 0.246. The summed E-state index contributed by atoms with van der Waals surface area (Å²) in [5, 5.41) is 11.6. The van der Waals surface area contributed by atoms with Crippen molar-refractivity contribution in [2.75, 3.05) is 14.2 Å². The van der Waals surface area contributed by atoms with E-state index in [1.165, 1.54) is 20.3 Å². The molecular formula is C28H24ClNO4. The number of aromatic nitrogens is 1. The number of benzene rings is 3. The van der Waals surface area contributed by atoms with Gasteiger partial charge in [-0.25, -0.2) is 0 Å². The number of pyridine rings is 1. The van der Waals surface area contributed by atoms with E-state index in [9.17, 15) is 9.90 Å². The number of allylic oxidation sites excluding steroid dienone is 1. The zero-order valence-electron chi connectivity index (χ0n) is 19.3. The number of aromatic hydroxyl groups is 1. The number of carbonyl (C=O) groups is 1. The number of phenolic OH excluding ortho intramolecular Hbond substituents is 1. The number of phenols is 1. The summed E-state index contributed by atoms with van der Waals surface area (Å²) < 4.78 is 10.4. The van der Waals surface area contributed by atoms with E-state index in [0.717, 1.165) is 33.2 Å². The van der Waals surface area contributed by atoms with E-state index >= 15 is 0 Å². The summed E-state index contributed by atoms with van der Waals surface area (Å²) >= 11 is 6.57. The molecule has 0 radical (unpaired) electrons. The lowest BCUT2D eigenvalue weighted by Crippen LogP contribution is -2.02. The second kappa shape index (κ2) is 9.57. The first kappa shape index (κ1) is 23.3. The third-order valence-electron chi connectivity index (χ3n) is 5.64. The van der Waals surface area contributed by atoms with E-state index in [2.05, 4.69) is 11.1 Å². The Kier molecular flexibility index (Phi) is 6.57. The highest BCUT2D eigenvalue weighted by atomic mass is 35.5. The van der Waals surface area contributed by atoms with Gasteiger partial charge in [0.15, 0.2) is 17.3 Å². The molecule has 34 heavy (non-hydrogen) atoms. The van der Waals surface area contributed by atoms with E-state index in [-0.39, 0.29) is 23.0 Å². The summed E-state index contributed by atoms with van der Waals surface area (Å²) in [6.45, 7) is 4.02. The number of halogens is 1. The normalized spacial score (nSPS) is 11.2. The Labute approximate surface area is 203 Å². The van der Waals surface area contributed by atoms with Crippen LogP contribution < -0.4 is 9.47 Å². The molecule has 0 aliphatic rings. The van der Waals surface area contributed by atoms with Crippen LogP contribution in [0.4, 0.5) is 0 Å². The summed E-state index contributed by atoms with van der Waals surface area (Å²) in [5.41, 5.74) is 5.53. The van der Waals surface area contributed by atoms with Gasteiger partial charge in [-0.15, -0.1) is 0 Å². The maximum Gasteiger partial charge on any atom is 0.200 e. The molecule has 3 aromatic carbocycles. The molecule has 0 spiro atoms. The molecule has 0 aliphatic carbocycles. The van der Waals surface area contributed by atoms with Crippen molar-refractivity contribution < 1.29 is 19.4 Å². The molecule has 0 aliphatic heterocycles. The van der Waals surface area contributed by atoms with E-state index in [1.54, 1.807) is 24.4 Å². The highest BCUT2D eigenvalue weighted by Gasteiger charge is 2.19. The minimum Gasteiger partial charge on any atom is -0.502 e. The van der Waals surface area contributed by atoms with Crippen LogP contribution in [0.25, 0.3) is 28.1 Å². The molecule has 1 N–H and O–H groups in total. The average Bonchev–Trinajstić information content (AvgIpc) is 2.82. The van der Waals surface area contributed by atoms with Crippen molar-refractivity contribution in [3.8, 4) is 28.4 Å². The maximum atomic E-state index is 13.4. The SMILES string of the molecule is COc1cc(C=CC(=O)c2cnc3c(C)cc(C)cc3c2-c2ccccc2Cl)cc(OC)c1O. The Morgan fingerprint density at radius 2 is 1.71 bits per heavy atom. The number of ether oxygens (including phenoxy) is 2. The van der Waals surface area contributed by atoms with Crippen LogP contribution in [0.1, 0.15) is 27.0 Å². The van der Waals surface area contributed by atoms with Gasteiger partial charge < -0.3 is 14.6 Å². The van der Waals surface area contributed by atoms with Crippen molar-refractivity contribution in [3.63, 3.8) is 0 Å². The van der Waals surface area contributed by atoms with Crippen LogP contribution in [-0.2, 0) is 0 Å². The molecule has 0 fully saturated rings. The number of methoxy groups -OCH3 is 2. The predicted molar refractivity (Wildman–Crippen MR) is 136 cm³/mol. The lowest BCUT2D eigenvalue weighted by atomic mass is 9.92. The highest BCUT2D eigenvalue weighted by Crippen LogP contribution is 2.39. The van der Waals surface area contributed by atoms with Crippen LogP contribution in [0, 0.1) is 13.8 Å². The van der Waals surface area contributed by atoms with Crippen LogP contribution in [0.2, 0.25) is 5.02 Å². The third-order valence-corrected chi connectivity index (χ3v) is 5.97. The number of aryl methyl sites for hydroxylation is 2. The zero-order valence-corrected chi connectivity index (χ0v) is 20.1. The molecule has 0 bridgehead atoms. The molecule has 4 aromatic rings. The van der Waals surface area contributed by atoms with Crippen molar-refractivity contribution in [1.82, 2.24) is 4.98 Å². The van der Waals surface area contributed by atoms with Crippen LogP contribution in [-0.4, -0.2) is 30.1 Å². The zero-order chi connectivity index (χ0) is 24.4. The molecule has 0 amide bonds. The first-order chi connectivity index (χ1) is 16.3. The van der Waals surface area contributed by atoms with Gasteiger partial charge in [0.1, 0.15) is 0 Å². The monoisotopic (exact) mass is 473 g/mol. The third kappa shape index (κ3) is 4.35. The number of rotatable bonds is 6. The molecule has 1 heterocycles. The topological polar surface area (TPSA) is 68.7 Å². The Morgan fingerprint density at radius 1 is 1.03 bits per heavy atom. The van der Waals surface area contributed by atoms with Crippen LogP contribution in [0.15, 0.2) is 60.8 Å². The molecule has 0 saturated carbocycles. The molecule has 1 aromatic heterocycles. The Morgan fingerprint density at radius 3 is 2.35 bits per heavy atom. The summed E-state index contributed by atoms with van der Waals surface area (Å²) in [7, 11) is 2.90. The minimum absolute atomic E-state index is 0.0982. The lowest BCUT2D eigenvalue weighted by molar-refractivity contribution is 0.104. The number of ketones is 1. The maximum absolute atomic E-state index is 13.4. The highest BCUT2D eigenvalue weighted by molar-refractivity contribution is 6.34. The molecule has 0 saturated heterocycles. The van der Waals surface area contributed by atoms with Gasteiger partial charge in [-0.2, -0.15) is 0 Å². The first-order valence-corrected chi connectivity index (χ1v) is 11.0.